The summed E-state index contributed by atoms with van der Waals surface area (Å²) in [6.07, 6.45) is 0. The maximum absolute atomic E-state index is 2.47. The Balaban J connectivity index is 2.26. The van der Waals surface area contributed by atoms with Crippen LogP contribution >= 0.6 is 0 Å². The molecule has 1 aliphatic heterocycles. The Hall–Kier alpha value is -0.0800. The number of hydrogen-bond acceptors (Lipinski definition) is 2. The minimum atomic E-state index is 0.367. The highest BCUT2D eigenvalue weighted by Gasteiger charge is 2.30. The van der Waals surface area contributed by atoms with Crippen LogP contribution in [0, 0.1) is 0 Å². The van der Waals surface area contributed by atoms with Gasteiger partial charge in [-0.15, -0.1) is 0 Å². The maximum atomic E-state index is 2.47. The summed E-state index contributed by atoms with van der Waals surface area (Å²) in [5, 5.41) is 0. The van der Waals surface area contributed by atoms with Crippen LogP contribution < -0.4 is 0 Å². The number of hydrogen-bond donors (Lipinski definition) is 0. The smallest absolute Gasteiger partial charge is 0.0535 e. The molecule has 0 aromatic heterocycles. The zero-order chi connectivity index (χ0) is 7.78. The van der Waals surface area contributed by atoms with Gasteiger partial charge < -0.3 is 0 Å². The van der Waals surface area contributed by atoms with Crippen LogP contribution in [0.4, 0.5) is 0 Å². The maximum Gasteiger partial charge on any atom is 0.0535 e. The van der Waals surface area contributed by atoms with Gasteiger partial charge in [-0.25, -0.2) is 0 Å². The summed E-state index contributed by atoms with van der Waals surface area (Å²) < 4.78 is 0. The molecule has 0 atom stereocenters. The third kappa shape index (κ3) is 1.50. The highest BCUT2D eigenvalue weighted by Crippen LogP contribution is 2.20. The van der Waals surface area contributed by atoms with Crippen molar-refractivity contribution in [2.45, 2.75) is 33.2 Å². The molecular weight excluding hydrogens is 124 g/mol. The van der Waals surface area contributed by atoms with Crippen LogP contribution in [0.15, 0.2) is 0 Å². The number of nitrogens with zero attached hydrogens (tertiary/aromatic N) is 2. The van der Waals surface area contributed by atoms with Crippen molar-refractivity contribution in [1.29, 1.82) is 0 Å². The Morgan fingerprint density at radius 2 is 1.70 bits per heavy atom. The van der Waals surface area contributed by atoms with Crippen molar-refractivity contribution in [2.75, 3.05) is 19.9 Å². The quantitative estimate of drug-likeness (QED) is 0.545. The van der Waals surface area contributed by atoms with Crippen LogP contribution in [-0.4, -0.2) is 35.2 Å². The molecule has 2 nitrogen and oxygen atoms in total. The molecule has 0 spiro atoms. The standard InChI is InChI=1S/C8H18N2/c1-5-9-6-10(7-9)8(2,3)4/h5-7H2,1-4H3. The molecule has 1 saturated heterocycles. The first kappa shape index (κ1) is 8.02. The Labute approximate surface area is 63.8 Å². The van der Waals surface area contributed by atoms with E-state index >= 15 is 0 Å². The Morgan fingerprint density at radius 1 is 1.20 bits per heavy atom. The lowest BCUT2D eigenvalue weighted by Crippen LogP contribution is -2.61. The molecule has 0 radical (unpaired) electrons. The molecule has 1 aliphatic rings. The lowest BCUT2D eigenvalue weighted by molar-refractivity contribution is -0.0825. The van der Waals surface area contributed by atoms with Crippen molar-refractivity contribution in [3.63, 3.8) is 0 Å². The second-order valence-electron chi connectivity index (χ2n) is 3.98. The van der Waals surface area contributed by atoms with E-state index in [1.807, 2.05) is 0 Å². The molecule has 60 valence electrons. The van der Waals surface area contributed by atoms with E-state index in [0.29, 0.717) is 5.54 Å². The SMILES string of the molecule is CCN1CN(C(C)(C)C)C1. The van der Waals surface area contributed by atoms with Crippen LogP contribution in [0.3, 0.4) is 0 Å². The van der Waals surface area contributed by atoms with Gasteiger partial charge in [-0.05, 0) is 27.3 Å². The van der Waals surface area contributed by atoms with Crippen molar-refractivity contribution in [3.8, 4) is 0 Å². The van der Waals surface area contributed by atoms with Gasteiger partial charge in [0.05, 0.1) is 13.3 Å². The first-order valence-electron chi connectivity index (χ1n) is 4.01. The first-order valence-corrected chi connectivity index (χ1v) is 4.01. The Morgan fingerprint density at radius 3 is 2.00 bits per heavy atom. The minimum absolute atomic E-state index is 0.367. The molecule has 1 rings (SSSR count). The summed E-state index contributed by atoms with van der Waals surface area (Å²) in [4.78, 5) is 4.89. The lowest BCUT2D eigenvalue weighted by atomic mass is 10.1. The number of rotatable bonds is 1. The molecule has 0 aromatic rings. The molecule has 0 N–H and O–H groups in total. The molecular formula is C8H18N2. The third-order valence-electron chi connectivity index (χ3n) is 2.14. The van der Waals surface area contributed by atoms with E-state index in [-0.39, 0.29) is 0 Å². The van der Waals surface area contributed by atoms with Crippen molar-refractivity contribution in [3.05, 3.63) is 0 Å². The highest BCUT2D eigenvalue weighted by molar-refractivity contribution is 4.81. The molecule has 0 aromatic carbocycles. The zero-order valence-electron chi connectivity index (χ0n) is 7.52. The lowest BCUT2D eigenvalue weighted by Gasteiger charge is -2.49. The van der Waals surface area contributed by atoms with E-state index < -0.39 is 0 Å². The van der Waals surface area contributed by atoms with E-state index in [1.54, 1.807) is 0 Å². The zero-order valence-corrected chi connectivity index (χ0v) is 7.52. The van der Waals surface area contributed by atoms with E-state index in [1.165, 1.54) is 6.54 Å². The summed E-state index contributed by atoms with van der Waals surface area (Å²) in [5.41, 5.74) is 0.367. The van der Waals surface area contributed by atoms with Gasteiger partial charge in [0.2, 0.25) is 0 Å². The summed E-state index contributed by atoms with van der Waals surface area (Å²) in [5.74, 6) is 0. The molecule has 1 heterocycles. The van der Waals surface area contributed by atoms with E-state index in [4.69, 9.17) is 0 Å². The minimum Gasteiger partial charge on any atom is -0.278 e. The van der Waals surface area contributed by atoms with Crippen molar-refractivity contribution in [1.82, 2.24) is 9.80 Å². The summed E-state index contributed by atoms with van der Waals surface area (Å²) in [7, 11) is 0. The second kappa shape index (κ2) is 2.51. The molecule has 0 unspecified atom stereocenters. The predicted molar refractivity (Wildman–Crippen MR) is 43.7 cm³/mol. The van der Waals surface area contributed by atoms with Gasteiger partial charge in [0.15, 0.2) is 0 Å². The molecule has 0 aliphatic carbocycles. The van der Waals surface area contributed by atoms with Gasteiger partial charge in [0.1, 0.15) is 0 Å². The average Bonchev–Trinajstić information content (AvgIpc) is 1.57. The molecule has 0 saturated carbocycles. The fourth-order valence-electron chi connectivity index (χ4n) is 1.07. The van der Waals surface area contributed by atoms with Crippen LogP contribution in [0.25, 0.3) is 0 Å². The monoisotopic (exact) mass is 142 g/mol. The topological polar surface area (TPSA) is 6.48 Å². The predicted octanol–water partition coefficient (Wildman–Crippen LogP) is 1.34. The fourth-order valence-corrected chi connectivity index (χ4v) is 1.07. The molecule has 0 bridgehead atoms. The van der Waals surface area contributed by atoms with Gasteiger partial charge in [-0.1, -0.05) is 6.92 Å². The summed E-state index contributed by atoms with van der Waals surface area (Å²) in [6.45, 7) is 12.5. The van der Waals surface area contributed by atoms with E-state index in [9.17, 15) is 0 Å². The van der Waals surface area contributed by atoms with Gasteiger partial charge in [-0.2, -0.15) is 0 Å². The molecule has 2 heteroatoms. The average molecular weight is 142 g/mol. The van der Waals surface area contributed by atoms with Gasteiger partial charge in [-0.3, -0.25) is 9.80 Å². The largest absolute Gasteiger partial charge is 0.278 e. The normalized spacial score (nSPS) is 22.8. The van der Waals surface area contributed by atoms with Crippen LogP contribution in [0.2, 0.25) is 0 Å². The molecule has 0 amide bonds. The molecule has 1 fully saturated rings. The summed E-state index contributed by atoms with van der Waals surface area (Å²) >= 11 is 0. The summed E-state index contributed by atoms with van der Waals surface area (Å²) in [6, 6.07) is 0. The third-order valence-corrected chi connectivity index (χ3v) is 2.14. The van der Waals surface area contributed by atoms with Crippen molar-refractivity contribution >= 4 is 0 Å². The fraction of sp³-hybridized carbons (Fsp3) is 1.00. The Kier molecular flexibility index (Phi) is 2.02. The van der Waals surface area contributed by atoms with E-state index in [2.05, 4.69) is 37.5 Å². The molecule has 10 heavy (non-hydrogen) atoms. The van der Waals surface area contributed by atoms with Crippen LogP contribution in [0.5, 0.6) is 0 Å². The van der Waals surface area contributed by atoms with Crippen molar-refractivity contribution in [2.24, 2.45) is 0 Å². The van der Waals surface area contributed by atoms with E-state index in [0.717, 1.165) is 13.3 Å². The van der Waals surface area contributed by atoms with Crippen molar-refractivity contribution < 1.29 is 0 Å². The van der Waals surface area contributed by atoms with Gasteiger partial charge in [0, 0.05) is 5.54 Å². The Bertz CT molecular complexity index is 109. The first-order chi connectivity index (χ1) is 4.54. The van der Waals surface area contributed by atoms with Gasteiger partial charge >= 0.3 is 0 Å². The second-order valence-corrected chi connectivity index (χ2v) is 3.98. The van der Waals surface area contributed by atoms with Gasteiger partial charge in [0.25, 0.3) is 0 Å². The van der Waals surface area contributed by atoms with Crippen LogP contribution in [0.1, 0.15) is 27.7 Å². The highest BCUT2D eigenvalue weighted by atomic mass is 15.5. The van der Waals surface area contributed by atoms with Crippen LogP contribution in [-0.2, 0) is 0 Å².